The number of carboxylic acids is 2. The Hall–Kier alpha value is -1.41. The molecule has 0 heterocycles. The number of hydrogen-bond acceptors (Lipinski definition) is 4. The third-order valence-electron chi connectivity index (χ3n) is 5.19. The van der Waals surface area contributed by atoms with Crippen LogP contribution in [-0.2, 0) is 20.7 Å². The van der Waals surface area contributed by atoms with Gasteiger partial charge in [0.05, 0.1) is 22.8 Å². The van der Waals surface area contributed by atoms with Crippen molar-refractivity contribution < 1.29 is 28.9 Å². The molecule has 0 bridgehead atoms. The molecule has 9 heteroatoms. The van der Waals surface area contributed by atoms with Gasteiger partial charge in [-0.1, -0.05) is 29.3 Å². The lowest BCUT2D eigenvalue weighted by Crippen LogP contribution is -2.60. The molecule has 2 saturated carbocycles. The number of halogens is 3. The van der Waals surface area contributed by atoms with Crippen molar-refractivity contribution in [1.82, 2.24) is 0 Å². The van der Waals surface area contributed by atoms with Crippen molar-refractivity contribution in [3.8, 4) is 0 Å². The van der Waals surface area contributed by atoms with E-state index in [2.05, 4.69) is 0 Å². The van der Waals surface area contributed by atoms with Crippen molar-refractivity contribution in [2.24, 2.45) is 17.6 Å². The first-order valence-corrected chi connectivity index (χ1v) is 8.39. The maximum Gasteiger partial charge on any atom is 0.342 e. The molecule has 0 aliphatic heterocycles. The Balaban J connectivity index is 1.66. The molecule has 0 unspecified atom stereocenters. The molecule has 6 nitrogen and oxygen atoms in total. The quantitative estimate of drug-likeness (QED) is 0.685. The van der Waals surface area contributed by atoms with Crippen molar-refractivity contribution in [1.29, 1.82) is 0 Å². The second kappa shape index (κ2) is 6.09. The zero-order chi connectivity index (χ0) is 18.6. The lowest BCUT2D eigenvalue weighted by atomic mass is 9.88. The van der Waals surface area contributed by atoms with E-state index in [9.17, 15) is 19.1 Å². The first-order chi connectivity index (χ1) is 11.6. The fourth-order valence-corrected chi connectivity index (χ4v) is 4.14. The summed E-state index contributed by atoms with van der Waals surface area (Å²) in [4.78, 5) is 22.7. The summed E-state index contributed by atoms with van der Waals surface area (Å²) in [6, 6.07) is 5.07. The molecule has 0 radical (unpaired) electrons. The lowest BCUT2D eigenvalue weighted by Gasteiger charge is -2.31. The van der Waals surface area contributed by atoms with Gasteiger partial charge in [0, 0.05) is 11.8 Å². The minimum Gasteiger partial charge on any atom is -0.480 e. The second-order valence-electron chi connectivity index (χ2n) is 6.49. The van der Waals surface area contributed by atoms with Crippen LogP contribution < -0.4 is 5.73 Å². The average Bonchev–Trinajstić information content (AvgIpc) is 3.01. The highest BCUT2D eigenvalue weighted by Gasteiger charge is 2.85. The fraction of sp³-hybridized carbons (Fsp3) is 0.500. The minimum absolute atomic E-state index is 0.0440. The number of aliphatic carboxylic acids is 2. The molecule has 136 valence electrons. The molecule has 2 aliphatic rings. The summed E-state index contributed by atoms with van der Waals surface area (Å²) in [5.41, 5.74) is 2.09. The molecule has 3 rings (SSSR count). The molecule has 0 saturated heterocycles. The zero-order valence-corrected chi connectivity index (χ0v) is 14.4. The Bertz CT molecular complexity index is 747. The van der Waals surface area contributed by atoms with Crippen LogP contribution in [0.25, 0.3) is 0 Å². The topological polar surface area (TPSA) is 110 Å². The third kappa shape index (κ3) is 2.70. The van der Waals surface area contributed by atoms with Crippen LogP contribution >= 0.6 is 23.2 Å². The van der Waals surface area contributed by atoms with E-state index < -0.39 is 41.1 Å². The van der Waals surface area contributed by atoms with Gasteiger partial charge in [0.25, 0.3) is 0 Å². The van der Waals surface area contributed by atoms with E-state index in [4.69, 9.17) is 38.8 Å². The SMILES string of the molecule is N[C@]1(C(=O)O)[C@H]2[C@@H](C[C@H]1OCCc1ccc(Cl)c(Cl)c1)[C@]2(F)C(=O)O. The Morgan fingerprint density at radius 1 is 1.28 bits per heavy atom. The van der Waals surface area contributed by atoms with E-state index >= 15 is 0 Å². The molecule has 5 atom stereocenters. The Morgan fingerprint density at radius 3 is 2.52 bits per heavy atom. The summed E-state index contributed by atoms with van der Waals surface area (Å²) in [6.07, 6.45) is -0.568. The standard InChI is InChI=1S/C16H16Cl2FNO5/c17-9-2-1-7(5-10(9)18)3-4-25-11-6-8-12(15(8,19)13(21)22)16(11,20)14(23)24/h1-2,5,8,11-12H,3-4,6,20H2,(H,21,22)(H,23,24)/t8-,11-,12+,15-,16+/m1/s1. The van der Waals surface area contributed by atoms with Crippen LogP contribution in [0, 0.1) is 11.8 Å². The van der Waals surface area contributed by atoms with Crippen molar-refractivity contribution in [3.05, 3.63) is 33.8 Å². The maximum absolute atomic E-state index is 14.4. The summed E-state index contributed by atoms with van der Waals surface area (Å²) in [7, 11) is 0. The van der Waals surface area contributed by atoms with Gasteiger partial charge in [-0.25, -0.2) is 9.18 Å². The molecule has 1 aromatic rings. The van der Waals surface area contributed by atoms with Gasteiger partial charge in [-0.3, -0.25) is 4.79 Å². The number of carbonyl (C=O) groups is 2. The molecule has 25 heavy (non-hydrogen) atoms. The van der Waals surface area contributed by atoms with E-state index in [0.29, 0.717) is 16.5 Å². The minimum atomic E-state index is -2.59. The number of benzene rings is 1. The molecular weight excluding hydrogens is 376 g/mol. The maximum atomic E-state index is 14.4. The largest absolute Gasteiger partial charge is 0.480 e. The van der Waals surface area contributed by atoms with E-state index in [0.717, 1.165) is 5.56 Å². The summed E-state index contributed by atoms with van der Waals surface area (Å²) < 4.78 is 20.0. The first kappa shape index (κ1) is 18.4. The molecule has 0 amide bonds. The van der Waals surface area contributed by atoms with Gasteiger partial charge in [-0.05, 0) is 30.5 Å². The fourth-order valence-electron chi connectivity index (χ4n) is 3.82. The number of rotatable bonds is 6. The van der Waals surface area contributed by atoms with Crippen LogP contribution in [0.5, 0.6) is 0 Å². The summed E-state index contributed by atoms with van der Waals surface area (Å²) >= 11 is 11.8. The summed E-state index contributed by atoms with van der Waals surface area (Å²) in [5, 5.41) is 19.3. The number of nitrogens with two attached hydrogens (primary N) is 1. The lowest BCUT2D eigenvalue weighted by molar-refractivity contribution is -0.155. The van der Waals surface area contributed by atoms with Gasteiger partial charge in [-0.2, -0.15) is 0 Å². The van der Waals surface area contributed by atoms with Crippen molar-refractivity contribution in [2.75, 3.05) is 6.61 Å². The zero-order valence-electron chi connectivity index (χ0n) is 12.9. The normalized spacial score (nSPS) is 36.1. The van der Waals surface area contributed by atoms with Gasteiger partial charge < -0.3 is 20.7 Å². The molecule has 1 aromatic carbocycles. The van der Waals surface area contributed by atoms with Gasteiger partial charge in [-0.15, -0.1) is 0 Å². The highest BCUT2D eigenvalue weighted by Crippen LogP contribution is 2.67. The third-order valence-corrected chi connectivity index (χ3v) is 5.93. The molecule has 2 fully saturated rings. The first-order valence-electron chi connectivity index (χ1n) is 7.63. The van der Waals surface area contributed by atoms with Crippen molar-refractivity contribution in [3.63, 3.8) is 0 Å². The van der Waals surface area contributed by atoms with Gasteiger partial charge in [0.1, 0.15) is 5.54 Å². The Labute approximate surface area is 152 Å². The van der Waals surface area contributed by atoms with Crippen LogP contribution in [0.3, 0.4) is 0 Å². The average molecular weight is 392 g/mol. The molecule has 4 N–H and O–H groups in total. The number of hydrogen-bond donors (Lipinski definition) is 3. The molecule has 0 aromatic heterocycles. The van der Waals surface area contributed by atoms with Gasteiger partial charge in [0.15, 0.2) is 0 Å². The number of alkyl halides is 1. The van der Waals surface area contributed by atoms with E-state index in [1.54, 1.807) is 18.2 Å². The summed E-state index contributed by atoms with van der Waals surface area (Å²) in [6.45, 7) is 0.140. The second-order valence-corrected chi connectivity index (χ2v) is 7.30. The van der Waals surface area contributed by atoms with Crippen LogP contribution in [-0.4, -0.2) is 46.1 Å². The van der Waals surface area contributed by atoms with Crippen LogP contribution in [0.4, 0.5) is 4.39 Å². The highest BCUT2D eigenvalue weighted by molar-refractivity contribution is 6.42. The number of ether oxygens (including phenoxy) is 1. The monoisotopic (exact) mass is 391 g/mol. The van der Waals surface area contributed by atoms with Crippen molar-refractivity contribution in [2.45, 2.75) is 30.2 Å². The predicted molar refractivity (Wildman–Crippen MR) is 87.5 cm³/mol. The van der Waals surface area contributed by atoms with Crippen LogP contribution in [0.15, 0.2) is 18.2 Å². The van der Waals surface area contributed by atoms with Crippen molar-refractivity contribution >= 4 is 35.1 Å². The van der Waals surface area contributed by atoms with E-state index in [1.807, 2.05) is 0 Å². The Kier molecular flexibility index (Phi) is 4.48. The Morgan fingerprint density at radius 2 is 1.96 bits per heavy atom. The van der Waals surface area contributed by atoms with E-state index in [-0.39, 0.29) is 13.0 Å². The molecule has 2 aliphatic carbocycles. The number of carboxylic acid groups (broad SMARTS) is 2. The number of fused-ring (bicyclic) bond motifs is 1. The smallest absolute Gasteiger partial charge is 0.342 e. The van der Waals surface area contributed by atoms with Crippen LogP contribution in [0.2, 0.25) is 10.0 Å². The van der Waals surface area contributed by atoms with Gasteiger partial charge >= 0.3 is 11.9 Å². The van der Waals surface area contributed by atoms with E-state index in [1.165, 1.54) is 0 Å². The highest BCUT2D eigenvalue weighted by atomic mass is 35.5. The molecule has 0 spiro atoms. The van der Waals surface area contributed by atoms with Gasteiger partial charge in [0.2, 0.25) is 5.67 Å². The van der Waals surface area contributed by atoms with Crippen LogP contribution in [0.1, 0.15) is 12.0 Å². The summed E-state index contributed by atoms with van der Waals surface area (Å²) in [5.74, 6) is -5.36. The predicted octanol–water partition coefficient (Wildman–Crippen LogP) is 2.15. The molecular formula is C16H16Cl2FNO5.